The normalized spacial score (nSPS) is 26.5. The Morgan fingerprint density at radius 1 is 1.39 bits per heavy atom. The smallest absolute Gasteiger partial charge is 0.231 e. The van der Waals surface area contributed by atoms with Gasteiger partial charge in [0, 0.05) is 13.7 Å². The molecule has 3 unspecified atom stereocenters. The first kappa shape index (κ1) is 13.5. The minimum atomic E-state index is -0.139. The van der Waals surface area contributed by atoms with Gasteiger partial charge in [-0.2, -0.15) is 4.98 Å². The third-order valence-corrected chi connectivity index (χ3v) is 3.55. The van der Waals surface area contributed by atoms with Gasteiger partial charge in [0.15, 0.2) is 0 Å². The maximum absolute atomic E-state index is 5.50. The minimum Gasteiger partial charge on any atom is -0.373 e. The van der Waals surface area contributed by atoms with Crippen LogP contribution in [0, 0.1) is 11.3 Å². The van der Waals surface area contributed by atoms with Crippen molar-refractivity contribution >= 4 is 0 Å². The number of nitrogens with zero attached hydrogens (tertiary/aromatic N) is 2. The minimum absolute atomic E-state index is 0.0462. The molecular weight excluding hydrogens is 230 g/mol. The van der Waals surface area contributed by atoms with E-state index in [2.05, 4.69) is 43.2 Å². The molecule has 0 radical (unpaired) electrons. The first-order chi connectivity index (χ1) is 8.43. The molecule has 1 saturated heterocycles. The average molecular weight is 253 g/mol. The Bertz CT molecular complexity index is 397. The fourth-order valence-corrected chi connectivity index (χ4v) is 2.49. The number of nitrogens with one attached hydrogen (secondary N) is 1. The highest BCUT2D eigenvalue weighted by Crippen LogP contribution is 2.35. The second kappa shape index (κ2) is 4.97. The van der Waals surface area contributed by atoms with Gasteiger partial charge in [-0.3, -0.25) is 0 Å². The Morgan fingerprint density at radius 2 is 2.11 bits per heavy atom. The van der Waals surface area contributed by atoms with Crippen LogP contribution in [0.3, 0.4) is 0 Å². The number of methoxy groups -OCH3 is 1. The molecule has 2 rings (SSSR count). The fourth-order valence-electron chi connectivity index (χ4n) is 2.49. The molecule has 0 spiro atoms. The van der Waals surface area contributed by atoms with Gasteiger partial charge >= 0.3 is 0 Å². The highest BCUT2D eigenvalue weighted by atomic mass is 16.5. The maximum atomic E-state index is 5.50. The Kier molecular flexibility index (Phi) is 3.73. The van der Waals surface area contributed by atoms with Gasteiger partial charge in [0.25, 0.3) is 0 Å². The van der Waals surface area contributed by atoms with Crippen LogP contribution in [-0.2, 0) is 4.74 Å². The molecule has 5 heteroatoms. The molecule has 0 bridgehead atoms. The van der Waals surface area contributed by atoms with Crippen molar-refractivity contribution in [3.63, 3.8) is 0 Å². The lowest BCUT2D eigenvalue weighted by Gasteiger charge is -2.26. The van der Waals surface area contributed by atoms with Gasteiger partial charge in [-0.05, 0) is 17.9 Å². The van der Waals surface area contributed by atoms with Crippen molar-refractivity contribution in [2.45, 2.75) is 39.7 Å². The molecule has 102 valence electrons. The van der Waals surface area contributed by atoms with Crippen LogP contribution in [0.5, 0.6) is 0 Å². The Hall–Kier alpha value is -0.940. The Balaban J connectivity index is 2.19. The zero-order valence-electron chi connectivity index (χ0n) is 11.9. The third kappa shape index (κ3) is 2.57. The van der Waals surface area contributed by atoms with E-state index >= 15 is 0 Å². The number of rotatable bonds is 3. The van der Waals surface area contributed by atoms with Crippen molar-refractivity contribution in [2.75, 3.05) is 20.2 Å². The van der Waals surface area contributed by atoms with Crippen LogP contribution in [-0.4, -0.2) is 30.3 Å². The third-order valence-electron chi connectivity index (χ3n) is 3.55. The summed E-state index contributed by atoms with van der Waals surface area (Å²) in [5.41, 5.74) is -0.0462. The van der Waals surface area contributed by atoms with E-state index in [4.69, 9.17) is 9.26 Å². The summed E-state index contributed by atoms with van der Waals surface area (Å²) >= 11 is 0. The van der Waals surface area contributed by atoms with E-state index in [9.17, 15) is 0 Å². The van der Waals surface area contributed by atoms with E-state index in [-0.39, 0.29) is 11.5 Å². The van der Waals surface area contributed by atoms with E-state index in [0.29, 0.717) is 17.7 Å². The quantitative estimate of drug-likeness (QED) is 0.894. The van der Waals surface area contributed by atoms with Crippen LogP contribution in [0.4, 0.5) is 0 Å². The van der Waals surface area contributed by atoms with Gasteiger partial charge < -0.3 is 14.6 Å². The molecule has 1 aliphatic rings. The highest BCUT2D eigenvalue weighted by molar-refractivity contribution is 5.03. The summed E-state index contributed by atoms with van der Waals surface area (Å²) in [4.78, 5) is 4.54. The van der Waals surface area contributed by atoms with Gasteiger partial charge in [-0.1, -0.05) is 32.9 Å². The second-order valence-corrected chi connectivity index (χ2v) is 6.21. The highest BCUT2D eigenvalue weighted by Gasteiger charge is 2.34. The summed E-state index contributed by atoms with van der Waals surface area (Å²) in [6.07, 6.45) is -0.139. The number of hydrogen-bond donors (Lipinski definition) is 1. The maximum Gasteiger partial charge on any atom is 0.231 e. The topological polar surface area (TPSA) is 60.2 Å². The summed E-state index contributed by atoms with van der Waals surface area (Å²) in [5.74, 6) is 2.24. The van der Waals surface area contributed by atoms with Crippen molar-refractivity contribution in [1.29, 1.82) is 0 Å². The molecule has 1 aromatic rings. The van der Waals surface area contributed by atoms with Crippen LogP contribution in [0.2, 0.25) is 0 Å². The Morgan fingerprint density at radius 3 is 2.61 bits per heavy atom. The average Bonchev–Trinajstić information content (AvgIpc) is 2.85. The van der Waals surface area contributed by atoms with Crippen LogP contribution in [0.15, 0.2) is 4.52 Å². The second-order valence-electron chi connectivity index (χ2n) is 6.21. The predicted octanol–water partition coefficient (Wildman–Crippen LogP) is 2.13. The molecule has 3 atom stereocenters. The van der Waals surface area contributed by atoms with Gasteiger partial charge in [-0.25, -0.2) is 0 Å². The van der Waals surface area contributed by atoms with Crippen molar-refractivity contribution in [1.82, 2.24) is 15.5 Å². The molecule has 1 aromatic heterocycles. The van der Waals surface area contributed by atoms with E-state index < -0.39 is 0 Å². The van der Waals surface area contributed by atoms with Gasteiger partial charge in [0.05, 0.1) is 5.92 Å². The summed E-state index contributed by atoms with van der Waals surface area (Å²) in [7, 11) is 1.69. The van der Waals surface area contributed by atoms with Crippen molar-refractivity contribution in [3.05, 3.63) is 11.7 Å². The molecule has 5 nitrogen and oxygen atoms in total. The molecule has 1 fully saturated rings. The summed E-state index contributed by atoms with van der Waals surface area (Å²) in [6.45, 7) is 10.4. The molecule has 1 aliphatic heterocycles. The lowest BCUT2D eigenvalue weighted by atomic mass is 9.88. The van der Waals surface area contributed by atoms with E-state index in [1.54, 1.807) is 7.11 Å². The lowest BCUT2D eigenvalue weighted by Crippen LogP contribution is -2.21. The van der Waals surface area contributed by atoms with Crippen LogP contribution < -0.4 is 5.32 Å². The van der Waals surface area contributed by atoms with Crippen LogP contribution in [0.25, 0.3) is 0 Å². The van der Waals surface area contributed by atoms with Crippen LogP contribution >= 0.6 is 0 Å². The summed E-state index contributed by atoms with van der Waals surface area (Å²) in [5, 5.41) is 7.44. The fraction of sp³-hybridized carbons (Fsp3) is 0.846. The molecule has 2 heterocycles. The molecule has 0 amide bonds. The van der Waals surface area contributed by atoms with Crippen molar-refractivity contribution in [3.8, 4) is 0 Å². The first-order valence-electron chi connectivity index (χ1n) is 6.50. The molecule has 0 saturated carbocycles. The molecule has 0 aromatic carbocycles. The lowest BCUT2D eigenvalue weighted by molar-refractivity contribution is 0.00718. The van der Waals surface area contributed by atoms with Gasteiger partial charge in [0.2, 0.25) is 11.7 Å². The zero-order valence-corrected chi connectivity index (χ0v) is 11.9. The number of aromatic nitrogens is 2. The number of hydrogen-bond acceptors (Lipinski definition) is 5. The van der Waals surface area contributed by atoms with E-state index in [0.717, 1.165) is 19.0 Å². The predicted molar refractivity (Wildman–Crippen MR) is 68.3 cm³/mol. The monoisotopic (exact) mass is 253 g/mol. The van der Waals surface area contributed by atoms with E-state index in [1.165, 1.54) is 0 Å². The van der Waals surface area contributed by atoms with Gasteiger partial charge in [-0.15, -0.1) is 0 Å². The van der Waals surface area contributed by atoms with Crippen LogP contribution in [0.1, 0.15) is 51.4 Å². The zero-order chi connectivity index (χ0) is 13.3. The molecular formula is C13H23N3O2. The van der Waals surface area contributed by atoms with Crippen molar-refractivity contribution in [2.24, 2.45) is 11.3 Å². The molecule has 1 N–H and O–H groups in total. The largest absolute Gasteiger partial charge is 0.373 e. The number of ether oxygens (including phenoxy) is 1. The van der Waals surface area contributed by atoms with Gasteiger partial charge in [0.1, 0.15) is 6.10 Å². The SMILES string of the molecule is COC(c1noc(C2CNCC2C)n1)C(C)(C)C. The first-order valence-corrected chi connectivity index (χ1v) is 6.50. The standard InChI is InChI=1S/C13H23N3O2/c1-8-6-14-7-9(8)12-15-11(16-18-12)10(17-5)13(2,3)4/h8-10,14H,6-7H2,1-5H3. The Labute approximate surface area is 108 Å². The molecule has 18 heavy (non-hydrogen) atoms. The molecule has 0 aliphatic carbocycles. The van der Waals surface area contributed by atoms with Crippen molar-refractivity contribution < 1.29 is 9.26 Å². The van der Waals surface area contributed by atoms with E-state index in [1.807, 2.05) is 0 Å². The summed E-state index contributed by atoms with van der Waals surface area (Å²) < 4.78 is 10.9. The summed E-state index contributed by atoms with van der Waals surface area (Å²) in [6, 6.07) is 0.